The number of carboxylic acids is 1. The SMILES string of the molecule is Cc1c(NC(=O)C2CCC(C(=O)O)CC2)cccc1C(F)(F)F. The molecule has 1 aromatic carbocycles. The van der Waals surface area contributed by atoms with Gasteiger partial charge in [-0.15, -0.1) is 0 Å². The fourth-order valence-corrected chi connectivity index (χ4v) is 2.92. The molecule has 1 aliphatic rings. The molecule has 2 N–H and O–H groups in total. The highest BCUT2D eigenvalue weighted by molar-refractivity contribution is 5.93. The Morgan fingerprint density at radius 3 is 2.22 bits per heavy atom. The van der Waals surface area contributed by atoms with Crippen molar-refractivity contribution in [1.82, 2.24) is 0 Å². The van der Waals surface area contributed by atoms with E-state index in [1.807, 2.05) is 0 Å². The Kier molecular flexibility index (Phi) is 4.97. The Bertz CT molecular complexity index is 605. The maximum absolute atomic E-state index is 12.9. The second-order valence-corrected chi connectivity index (χ2v) is 5.85. The molecule has 7 heteroatoms. The highest BCUT2D eigenvalue weighted by Gasteiger charge is 2.34. The lowest BCUT2D eigenvalue weighted by Gasteiger charge is -2.25. The van der Waals surface area contributed by atoms with Crippen molar-refractivity contribution in [1.29, 1.82) is 0 Å². The number of amides is 1. The summed E-state index contributed by atoms with van der Waals surface area (Å²) >= 11 is 0. The molecule has 0 spiro atoms. The van der Waals surface area contributed by atoms with E-state index >= 15 is 0 Å². The Morgan fingerprint density at radius 2 is 1.70 bits per heavy atom. The molecule has 0 saturated heterocycles. The molecule has 0 unspecified atom stereocenters. The van der Waals surface area contributed by atoms with Crippen molar-refractivity contribution in [2.75, 3.05) is 5.32 Å². The predicted molar refractivity (Wildman–Crippen MR) is 77.9 cm³/mol. The molecule has 0 heterocycles. The van der Waals surface area contributed by atoms with Crippen LogP contribution in [0.25, 0.3) is 0 Å². The van der Waals surface area contributed by atoms with Gasteiger partial charge < -0.3 is 10.4 Å². The summed E-state index contributed by atoms with van der Waals surface area (Å²) in [5.74, 6) is -2.01. The Balaban J connectivity index is 2.06. The topological polar surface area (TPSA) is 66.4 Å². The van der Waals surface area contributed by atoms with E-state index in [0.29, 0.717) is 25.7 Å². The van der Waals surface area contributed by atoms with Crippen molar-refractivity contribution in [3.63, 3.8) is 0 Å². The van der Waals surface area contributed by atoms with Gasteiger partial charge in [0, 0.05) is 11.6 Å². The van der Waals surface area contributed by atoms with Gasteiger partial charge >= 0.3 is 12.1 Å². The molecule has 23 heavy (non-hydrogen) atoms. The molecule has 0 aliphatic heterocycles. The first kappa shape index (κ1) is 17.3. The van der Waals surface area contributed by atoms with E-state index in [9.17, 15) is 22.8 Å². The number of carbonyl (C=O) groups excluding carboxylic acids is 1. The first-order valence-corrected chi connectivity index (χ1v) is 7.40. The van der Waals surface area contributed by atoms with E-state index < -0.39 is 23.6 Å². The number of hydrogen-bond donors (Lipinski definition) is 2. The highest BCUT2D eigenvalue weighted by Crippen LogP contribution is 2.35. The number of hydrogen-bond acceptors (Lipinski definition) is 2. The number of carbonyl (C=O) groups is 2. The quantitative estimate of drug-likeness (QED) is 0.885. The molecule has 2 rings (SSSR count). The number of anilines is 1. The van der Waals surface area contributed by atoms with Gasteiger partial charge in [-0.3, -0.25) is 9.59 Å². The van der Waals surface area contributed by atoms with E-state index in [1.165, 1.54) is 19.1 Å². The van der Waals surface area contributed by atoms with E-state index in [1.54, 1.807) is 0 Å². The zero-order chi connectivity index (χ0) is 17.2. The third-order valence-electron chi connectivity index (χ3n) is 4.34. The van der Waals surface area contributed by atoms with Crippen LogP contribution in [0.1, 0.15) is 36.8 Å². The summed E-state index contributed by atoms with van der Waals surface area (Å²) in [6.07, 6.45) is -2.78. The van der Waals surface area contributed by atoms with Crippen LogP contribution in [0.3, 0.4) is 0 Å². The number of aliphatic carboxylic acids is 1. The summed E-state index contributed by atoms with van der Waals surface area (Å²) in [5, 5.41) is 11.5. The molecule has 1 aliphatic carbocycles. The molecular weight excluding hydrogens is 311 g/mol. The summed E-state index contributed by atoms with van der Waals surface area (Å²) < 4.78 is 38.6. The predicted octanol–water partition coefficient (Wildman–Crippen LogP) is 3.84. The molecule has 1 fully saturated rings. The molecule has 126 valence electrons. The largest absolute Gasteiger partial charge is 0.481 e. The van der Waals surface area contributed by atoms with Gasteiger partial charge in [-0.1, -0.05) is 6.07 Å². The second-order valence-electron chi connectivity index (χ2n) is 5.85. The molecule has 1 amide bonds. The van der Waals surface area contributed by atoms with Crippen molar-refractivity contribution < 1.29 is 27.9 Å². The molecule has 0 aromatic heterocycles. The summed E-state index contributed by atoms with van der Waals surface area (Å²) in [5.41, 5.74) is -0.650. The normalized spacial score (nSPS) is 21.7. The average Bonchev–Trinajstić information content (AvgIpc) is 2.48. The Hall–Kier alpha value is -2.05. The van der Waals surface area contributed by atoms with Gasteiger partial charge in [0.2, 0.25) is 5.91 Å². The van der Waals surface area contributed by atoms with Crippen LogP contribution in [0.2, 0.25) is 0 Å². The van der Waals surface area contributed by atoms with E-state index in [2.05, 4.69) is 5.32 Å². The monoisotopic (exact) mass is 329 g/mol. The molecule has 1 aromatic rings. The van der Waals surface area contributed by atoms with Gasteiger partial charge in [0.1, 0.15) is 0 Å². The van der Waals surface area contributed by atoms with Crippen LogP contribution >= 0.6 is 0 Å². The second kappa shape index (κ2) is 6.60. The van der Waals surface area contributed by atoms with Crippen molar-refractivity contribution in [2.24, 2.45) is 11.8 Å². The average molecular weight is 329 g/mol. The van der Waals surface area contributed by atoms with Crippen molar-refractivity contribution in [3.05, 3.63) is 29.3 Å². The van der Waals surface area contributed by atoms with Gasteiger partial charge in [0.15, 0.2) is 0 Å². The summed E-state index contributed by atoms with van der Waals surface area (Å²) in [7, 11) is 0. The fourth-order valence-electron chi connectivity index (χ4n) is 2.92. The maximum atomic E-state index is 12.9. The lowest BCUT2D eigenvalue weighted by molar-refractivity contribution is -0.143. The van der Waals surface area contributed by atoms with Gasteiger partial charge in [0.05, 0.1) is 11.5 Å². The Morgan fingerprint density at radius 1 is 1.13 bits per heavy atom. The lowest BCUT2D eigenvalue weighted by Crippen LogP contribution is -2.29. The Labute approximate surface area is 131 Å². The first-order chi connectivity index (χ1) is 10.7. The van der Waals surface area contributed by atoms with Crippen LogP contribution in [0.4, 0.5) is 18.9 Å². The number of alkyl halides is 3. The smallest absolute Gasteiger partial charge is 0.416 e. The third-order valence-corrected chi connectivity index (χ3v) is 4.34. The zero-order valence-corrected chi connectivity index (χ0v) is 12.6. The van der Waals surface area contributed by atoms with Crippen LogP contribution in [-0.4, -0.2) is 17.0 Å². The molecule has 0 radical (unpaired) electrons. The summed E-state index contributed by atoms with van der Waals surface area (Å²) in [6.45, 7) is 1.32. The lowest BCUT2D eigenvalue weighted by atomic mass is 9.81. The maximum Gasteiger partial charge on any atom is 0.416 e. The van der Waals surface area contributed by atoms with E-state index in [0.717, 1.165) is 6.07 Å². The summed E-state index contributed by atoms with van der Waals surface area (Å²) in [6, 6.07) is 3.67. The molecule has 0 bridgehead atoms. The third kappa shape index (κ3) is 4.03. The van der Waals surface area contributed by atoms with E-state index in [-0.39, 0.29) is 23.1 Å². The molecular formula is C16H18F3NO3. The van der Waals surface area contributed by atoms with Crippen LogP contribution in [0.5, 0.6) is 0 Å². The van der Waals surface area contributed by atoms with Gasteiger partial charge in [0.25, 0.3) is 0 Å². The standard InChI is InChI=1S/C16H18F3NO3/c1-9-12(16(17,18)19)3-2-4-13(9)20-14(21)10-5-7-11(8-6-10)15(22)23/h2-4,10-11H,5-8H2,1H3,(H,20,21)(H,22,23). The molecule has 0 atom stereocenters. The van der Waals surface area contributed by atoms with Crippen molar-refractivity contribution in [3.8, 4) is 0 Å². The van der Waals surface area contributed by atoms with E-state index in [4.69, 9.17) is 5.11 Å². The minimum absolute atomic E-state index is 0.0208. The number of halogens is 3. The zero-order valence-electron chi connectivity index (χ0n) is 12.6. The van der Waals surface area contributed by atoms with Gasteiger partial charge in [-0.25, -0.2) is 0 Å². The minimum Gasteiger partial charge on any atom is -0.481 e. The number of benzene rings is 1. The van der Waals surface area contributed by atoms with Gasteiger partial charge in [-0.05, 0) is 50.3 Å². The van der Waals surface area contributed by atoms with Gasteiger partial charge in [-0.2, -0.15) is 13.2 Å². The first-order valence-electron chi connectivity index (χ1n) is 7.40. The highest BCUT2D eigenvalue weighted by atomic mass is 19.4. The van der Waals surface area contributed by atoms with Crippen LogP contribution < -0.4 is 5.32 Å². The number of nitrogens with one attached hydrogen (secondary N) is 1. The number of carboxylic acid groups (broad SMARTS) is 1. The van der Waals surface area contributed by atoms with Crippen molar-refractivity contribution >= 4 is 17.6 Å². The molecule has 1 saturated carbocycles. The van der Waals surface area contributed by atoms with Crippen molar-refractivity contribution in [2.45, 2.75) is 38.8 Å². The van der Waals surface area contributed by atoms with Crippen LogP contribution in [0.15, 0.2) is 18.2 Å². The van der Waals surface area contributed by atoms with Crippen LogP contribution in [-0.2, 0) is 15.8 Å². The molecule has 4 nitrogen and oxygen atoms in total. The fraction of sp³-hybridized carbons (Fsp3) is 0.500. The summed E-state index contributed by atoms with van der Waals surface area (Å²) in [4.78, 5) is 23.1. The van der Waals surface area contributed by atoms with Crippen LogP contribution in [0, 0.1) is 18.8 Å². The number of rotatable bonds is 3. The minimum atomic E-state index is -4.47.